The summed E-state index contributed by atoms with van der Waals surface area (Å²) in [5, 5.41) is 3.01. The minimum absolute atomic E-state index is 0.0730. The molecule has 2 aromatic carbocycles. The van der Waals surface area contributed by atoms with Gasteiger partial charge < -0.3 is 10.1 Å². The first kappa shape index (κ1) is 18.2. The molecule has 0 spiro atoms. The van der Waals surface area contributed by atoms with Crippen molar-refractivity contribution in [3.8, 4) is 5.75 Å². The van der Waals surface area contributed by atoms with E-state index >= 15 is 0 Å². The zero-order chi connectivity index (χ0) is 19.5. The van der Waals surface area contributed by atoms with Gasteiger partial charge in [-0.05, 0) is 48.7 Å². The minimum atomic E-state index is -0.399. The van der Waals surface area contributed by atoms with Gasteiger partial charge in [-0.25, -0.2) is 4.39 Å². The molecule has 0 unspecified atom stereocenters. The zero-order valence-electron chi connectivity index (χ0n) is 15.4. The lowest BCUT2D eigenvalue weighted by atomic mass is 10.1. The van der Waals surface area contributed by atoms with E-state index < -0.39 is 5.91 Å². The molecule has 2 aliphatic rings. The van der Waals surface area contributed by atoms with E-state index in [9.17, 15) is 14.0 Å². The Balaban J connectivity index is 1.59. The lowest BCUT2D eigenvalue weighted by molar-refractivity contribution is -0.123. The number of amides is 2. The van der Waals surface area contributed by atoms with Gasteiger partial charge in [0.2, 0.25) is 5.91 Å². The number of fused-ring (bicyclic) bond motifs is 1. The lowest BCUT2D eigenvalue weighted by Gasteiger charge is -2.30. The standard InChI is InChI=1S/C22H21FN2O3/c23-16-11-9-15(10-12-16)13-20-22(27)25(18-7-3-4-8-19(18)28-20)14-21(26)24-17-5-1-2-6-17/h3-4,7-13,17H,1-2,5-6,14H2,(H,24,26). The molecule has 6 heteroatoms. The highest BCUT2D eigenvalue weighted by Crippen LogP contribution is 2.35. The van der Waals surface area contributed by atoms with Gasteiger partial charge in [-0.1, -0.05) is 37.1 Å². The number of hydrogen-bond donors (Lipinski definition) is 1. The fraction of sp³-hybridized carbons (Fsp3) is 0.273. The highest BCUT2D eigenvalue weighted by Gasteiger charge is 2.32. The van der Waals surface area contributed by atoms with Gasteiger partial charge in [0.15, 0.2) is 11.5 Å². The van der Waals surface area contributed by atoms with Crippen LogP contribution in [0.2, 0.25) is 0 Å². The van der Waals surface area contributed by atoms with E-state index in [0.29, 0.717) is 17.0 Å². The number of halogens is 1. The van der Waals surface area contributed by atoms with Crippen molar-refractivity contribution in [2.45, 2.75) is 31.7 Å². The second kappa shape index (κ2) is 7.84. The van der Waals surface area contributed by atoms with Crippen LogP contribution < -0.4 is 15.0 Å². The maximum Gasteiger partial charge on any atom is 0.294 e. The molecule has 144 valence electrons. The summed E-state index contributed by atoms with van der Waals surface area (Å²) in [6, 6.07) is 13.1. The largest absolute Gasteiger partial charge is 0.449 e. The first-order chi connectivity index (χ1) is 13.6. The third-order valence-electron chi connectivity index (χ3n) is 5.02. The van der Waals surface area contributed by atoms with Crippen molar-refractivity contribution in [2.24, 2.45) is 0 Å². The smallest absolute Gasteiger partial charge is 0.294 e. The number of benzene rings is 2. The molecule has 0 atom stereocenters. The van der Waals surface area contributed by atoms with Crippen molar-refractivity contribution in [3.05, 3.63) is 65.7 Å². The molecule has 0 radical (unpaired) electrons. The van der Waals surface area contributed by atoms with Gasteiger partial charge >= 0.3 is 0 Å². The van der Waals surface area contributed by atoms with Gasteiger partial charge in [0.25, 0.3) is 5.91 Å². The van der Waals surface area contributed by atoms with Gasteiger partial charge in [0.1, 0.15) is 12.4 Å². The van der Waals surface area contributed by atoms with Crippen LogP contribution in [0.1, 0.15) is 31.2 Å². The molecule has 28 heavy (non-hydrogen) atoms. The van der Waals surface area contributed by atoms with Crippen LogP contribution in [0.3, 0.4) is 0 Å². The van der Waals surface area contributed by atoms with Crippen LogP contribution in [0.15, 0.2) is 54.3 Å². The van der Waals surface area contributed by atoms with Crippen molar-refractivity contribution in [1.82, 2.24) is 5.32 Å². The fourth-order valence-electron chi connectivity index (χ4n) is 3.62. The number of nitrogens with zero attached hydrogens (tertiary/aromatic N) is 1. The molecule has 1 saturated carbocycles. The second-order valence-corrected chi connectivity index (χ2v) is 7.07. The molecule has 1 fully saturated rings. The number of carbonyl (C=O) groups is 2. The molecule has 1 N–H and O–H groups in total. The molecule has 0 saturated heterocycles. The molecule has 4 rings (SSSR count). The average molecular weight is 380 g/mol. The Bertz CT molecular complexity index is 918. The molecule has 5 nitrogen and oxygen atoms in total. The van der Waals surface area contributed by atoms with Crippen LogP contribution in [0.25, 0.3) is 6.08 Å². The summed E-state index contributed by atoms with van der Waals surface area (Å²) in [6.07, 6.45) is 5.76. The van der Waals surface area contributed by atoms with Crippen molar-refractivity contribution >= 4 is 23.6 Å². The first-order valence-corrected chi connectivity index (χ1v) is 9.45. The summed E-state index contributed by atoms with van der Waals surface area (Å²) < 4.78 is 18.9. The molecule has 0 aromatic heterocycles. The van der Waals surface area contributed by atoms with E-state index in [0.717, 1.165) is 25.7 Å². The van der Waals surface area contributed by atoms with E-state index in [1.807, 2.05) is 0 Å². The summed E-state index contributed by atoms with van der Waals surface area (Å²) >= 11 is 0. The molecule has 1 aliphatic heterocycles. The number of hydrogen-bond acceptors (Lipinski definition) is 3. The normalized spacial score (nSPS) is 18.1. The van der Waals surface area contributed by atoms with Crippen LogP contribution >= 0.6 is 0 Å². The molecule has 2 amide bonds. The predicted molar refractivity (Wildman–Crippen MR) is 104 cm³/mol. The average Bonchev–Trinajstić information content (AvgIpc) is 3.19. The summed E-state index contributed by atoms with van der Waals surface area (Å²) in [5.41, 5.74) is 1.20. The molecule has 0 bridgehead atoms. The third kappa shape index (κ3) is 3.91. The predicted octanol–water partition coefficient (Wildman–Crippen LogP) is 3.65. The Morgan fingerprint density at radius 1 is 1.14 bits per heavy atom. The van der Waals surface area contributed by atoms with Crippen LogP contribution in [-0.2, 0) is 9.59 Å². The number of nitrogens with one attached hydrogen (secondary N) is 1. The van der Waals surface area contributed by atoms with E-state index in [1.54, 1.807) is 42.5 Å². The van der Waals surface area contributed by atoms with Gasteiger partial charge in [0.05, 0.1) is 5.69 Å². The second-order valence-electron chi connectivity index (χ2n) is 7.07. The Labute approximate surface area is 162 Å². The van der Waals surface area contributed by atoms with Crippen LogP contribution in [0.4, 0.5) is 10.1 Å². The minimum Gasteiger partial charge on any atom is -0.449 e. The number of anilines is 1. The number of para-hydroxylation sites is 2. The van der Waals surface area contributed by atoms with Crippen LogP contribution in [0, 0.1) is 5.82 Å². The van der Waals surface area contributed by atoms with Crippen LogP contribution in [0.5, 0.6) is 5.75 Å². The first-order valence-electron chi connectivity index (χ1n) is 9.45. The molecule has 1 heterocycles. The maximum absolute atomic E-state index is 13.1. The highest BCUT2D eigenvalue weighted by molar-refractivity contribution is 6.12. The molecule has 2 aromatic rings. The molecular formula is C22H21FN2O3. The summed E-state index contributed by atoms with van der Waals surface area (Å²) in [4.78, 5) is 27.0. The lowest BCUT2D eigenvalue weighted by Crippen LogP contribution is -2.46. The van der Waals surface area contributed by atoms with Crippen molar-refractivity contribution in [1.29, 1.82) is 0 Å². The zero-order valence-corrected chi connectivity index (χ0v) is 15.4. The van der Waals surface area contributed by atoms with Gasteiger partial charge in [0, 0.05) is 6.04 Å². The Hall–Kier alpha value is -3.15. The van der Waals surface area contributed by atoms with Gasteiger partial charge in [-0.15, -0.1) is 0 Å². The van der Waals surface area contributed by atoms with Crippen molar-refractivity contribution in [2.75, 3.05) is 11.4 Å². The third-order valence-corrected chi connectivity index (χ3v) is 5.02. The molecule has 1 aliphatic carbocycles. The number of rotatable bonds is 4. The maximum atomic E-state index is 13.1. The Morgan fingerprint density at radius 3 is 2.61 bits per heavy atom. The Kier molecular flexibility index (Phi) is 5.10. The number of carbonyl (C=O) groups excluding carboxylic acids is 2. The SMILES string of the molecule is O=C(CN1C(=O)C(=Cc2ccc(F)cc2)Oc2ccccc21)NC1CCCC1. The topological polar surface area (TPSA) is 58.6 Å². The van der Waals surface area contributed by atoms with E-state index in [2.05, 4.69) is 5.32 Å². The van der Waals surface area contributed by atoms with E-state index in [4.69, 9.17) is 4.74 Å². The van der Waals surface area contributed by atoms with Gasteiger partial charge in [-0.2, -0.15) is 0 Å². The van der Waals surface area contributed by atoms with Gasteiger partial charge in [-0.3, -0.25) is 14.5 Å². The quantitative estimate of drug-likeness (QED) is 0.824. The summed E-state index contributed by atoms with van der Waals surface area (Å²) in [5.74, 6) is -0.334. The van der Waals surface area contributed by atoms with Crippen LogP contribution in [-0.4, -0.2) is 24.4 Å². The fourth-order valence-corrected chi connectivity index (χ4v) is 3.62. The van der Waals surface area contributed by atoms with Crippen molar-refractivity contribution in [3.63, 3.8) is 0 Å². The molecular weight excluding hydrogens is 359 g/mol. The van der Waals surface area contributed by atoms with E-state index in [-0.39, 0.29) is 30.1 Å². The Morgan fingerprint density at radius 2 is 1.86 bits per heavy atom. The monoisotopic (exact) mass is 380 g/mol. The van der Waals surface area contributed by atoms with Crippen molar-refractivity contribution < 1.29 is 18.7 Å². The summed E-state index contributed by atoms with van der Waals surface area (Å²) in [7, 11) is 0. The highest BCUT2D eigenvalue weighted by atomic mass is 19.1. The number of ether oxygens (including phenoxy) is 1. The van der Waals surface area contributed by atoms with E-state index in [1.165, 1.54) is 17.0 Å². The summed E-state index contributed by atoms with van der Waals surface area (Å²) in [6.45, 7) is -0.0730.